The fourth-order valence-electron chi connectivity index (χ4n) is 2.77. The van der Waals surface area contributed by atoms with Crippen molar-refractivity contribution < 1.29 is 14.3 Å². The minimum Gasteiger partial charge on any atom is -0.488 e. The van der Waals surface area contributed by atoms with E-state index < -0.39 is 0 Å². The minimum absolute atomic E-state index is 0.0178. The molecule has 3 nitrogen and oxygen atoms in total. The fraction of sp³-hybridized carbons (Fsp3) is 0.174. The lowest BCUT2D eigenvalue weighted by Gasteiger charge is -2.17. The molecule has 0 aliphatic carbocycles. The van der Waals surface area contributed by atoms with Crippen molar-refractivity contribution in [3.8, 4) is 11.5 Å². The second kappa shape index (κ2) is 9.38. The summed E-state index contributed by atoms with van der Waals surface area (Å²) in [5.74, 6) is 1.28. The molecule has 3 aromatic rings. The smallest absolute Gasteiger partial charge is 0.177 e. The molecule has 4 heteroatoms. The van der Waals surface area contributed by atoms with E-state index in [2.05, 4.69) is 15.9 Å². The zero-order valence-corrected chi connectivity index (χ0v) is 16.7. The van der Waals surface area contributed by atoms with Crippen molar-refractivity contribution in [2.24, 2.45) is 0 Å². The second-order valence-corrected chi connectivity index (χ2v) is 6.73. The summed E-state index contributed by atoms with van der Waals surface area (Å²) >= 11 is 3.25. The van der Waals surface area contributed by atoms with Crippen molar-refractivity contribution >= 4 is 21.7 Å². The highest BCUT2D eigenvalue weighted by molar-refractivity contribution is 9.09. The van der Waals surface area contributed by atoms with E-state index in [1.807, 2.05) is 73.7 Å². The van der Waals surface area contributed by atoms with Gasteiger partial charge in [0, 0.05) is 5.56 Å². The van der Waals surface area contributed by atoms with Crippen molar-refractivity contribution in [1.82, 2.24) is 0 Å². The van der Waals surface area contributed by atoms with E-state index in [4.69, 9.17) is 9.47 Å². The number of hydrogen-bond acceptors (Lipinski definition) is 3. The van der Waals surface area contributed by atoms with Crippen LogP contribution in [0.15, 0.2) is 72.8 Å². The highest BCUT2D eigenvalue weighted by Crippen LogP contribution is 2.33. The van der Waals surface area contributed by atoms with Gasteiger partial charge >= 0.3 is 0 Å². The van der Waals surface area contributed by atoms with Gasteiger partial charge in [0.2, 0.25) is 0 Å². The predicted molar refractivity (Wildman–Crippen MR) is 111 cm³/mol. The van der Waals surface area contributed by atoms with Gasteiger partial charge < -0.3 is 9.47 Å². The third-order valence-electron chi connectivity index (χ3n) is 4.24. The van der Waals surface area contributed by atoms with Crippen LogP contribution >= 0.6 is 15.9 Å². The Morgan fingerprint density at radius 2 is 1.37 bits per heavy atom. The molecule has 0 bridgehead atoms. The maximum Gasteiger partial charge on any atom is 0.177 e. The van der Waals surface area contributed by atoms with E-state index in [1.165, 1.54) is 0 Å². The molecular formula is C23H21BrO3. The average Bonchev–Trinajstić information content (AvgIpc) is 2.72. The average molecular weight is 425 g/mol. The fourth-order valence-corrected chi connectivity index (χ4v) is 3.07. The van der Waals surface area contributed by atoms with Gasteiger partial charge in [0.15, 0.2) is 5.78 Å². The summed E-state index contributed by atoms with van der Waals surface area (Å²) in [7, 11) is 0. The van der Waals surface area contributed by atoms with Gasteiger partial charge in [0.05, 0.1) is 10.9 Å². The predicted octanol–water partition coefficient (Wildman–Crippen LogP) is 5.73. The largest absolute Gasteiger partial charge is 0.488 e. The number of rotatable bonds is 8. The zero-order valence-electron chi connectivity index (χ0n) is 15.2. The Bertz CT molecular complexity index is 892. The third kappa shape index (κ3) is 4.98. The van der Waals surface area contributed by atoms with Crippen molar-refractivity contribution in [3.63, 3.8) is 0 Å². The van der Waals surface area contributed by atoms with Gasteiger partial charge in [0.25, 0.3) is 0 Å². The molecule has 0 spiro atoms. The maximum atomic E-state index is 12.3. The Morgan fingerprint density at radius 1 is 0.815 bits per heavy atom. The number of benzene rings is 3. The molecule has 0 fully saturated rings. The molecule has 0 aliphatic rings. The van der Waals surface area contributed by atoms with Gasteiger partial charge in [0.1, 0.15) is 24.7 Å². The number of halogens is 1. The van der Waals surface area contributed by atoms with E-state index in [0.29, 0.717) is 30.3 Å². The molecule has 0 saturated carbocycles. The van der Waals surface area contributed by atoms with E-state index in [1.54, 1.807) is 6.07 Å². The normalized spacial score (nSPS) is 10.4. The first-order valence-corrected chi connectivity index (χ1v) is 9.87. The summed E-state index contributed by atoms with van der Waals surface area (Å²) in [6.45, 7) is 2.78. The standard InChI is InChI=1S/C23H21BrO3/c1-17-22(26-15-18-8-4-2-5-9-18)13-12-20(21(25)14-24)23(17)27-16-19-10-6-3-7-11-19/h2-13H,14-16H2,1H3. The third-order valence-corrected chi connectivity index (χ3v) is 4.75. The lowest BCUT2D eigenvalue weighted by atomic mass is 10.1. The first-order chi connectivity index (χ1) is 13.2. The van der Waals surface area contributed by atoms with Crippen LogP contribution in [0.4, 0.5) is 0 Å². The Labute approximate surface area is 168 Å². The lowest BCUT2D eigenvalue weighted by Crippen LogP contribution is -2.08. The minimum atomic E-state index is -0.0178. The number of carbonyl (C=O) groups excluding carboxylic acids is 1. The topological polar surface area (TPSA) is 35.5 Å². The van der Waals surface area contributed by atoms with Crippen LogP contribution in [-0.4, -0.2) is 11.1 Å². The van der Waals surface area contributed by atoms with Crippen LogP contribution in [0.1, 0.15) is 27.0 Å². The summed E-state index contributed by atoms with van der Waals surface area (Å²) in [6.07, 6.45) is 0. The quantitative estimate of drug-likeness (QED) is 0.342. The van der Waals surface area contributed by atoms with Gasteiger partial charge in [-0.2, -0.15) is 0 Å². The molecule has 0 unspecified atom stereocenters. The maximum absolute atomic E-state index is 12.3. The summed E-state index contributed by atoms with van der Waals surface area (Å²) in [4.78, 5) is 12.3. The van der Waals surface area contributed by atoms with Crippen LogP contribution in [0.25, 0.3) is 0 Å². The Morgan fingerprint density at radius 3 is 1.93 bits per heavy atom. The molecule has 0 heterocycles. The van der Waals surface area contributed by atoms with Crippen LogP contribution in [0, 0.1) is 6.92 Å². The van der Waals surface area contributed by atoms with Crippen LogP contribution in [0.5, 0.6) is 11.5 Å². The number of hydrogen-bond donors (Lipinski definition) is 0. The van der Waals surface area contributed by atoms with Crippen molar-refractivity contribution in [2.75, 3.05) is 5.33 Å². The summed E-state index contributed by atoms with van der Waals surface area (Å²) < 4.78 is 12.0. The lowest BCUT2D eigenvalue weighted by molar-refractivity contribution is 0.101. The first kappa shape index (κ1) is 19.2. The van der Waals surface area contributed by atoms with E-state index in [9.17, 15) is 4.79 Å². The Hall–Kier alpha value is -2.59. The molecule has 138 valence electrons. The Balaban J connectivity index is 1.84. The molecule has 3 aromatic carbocycles. The van der Waals surface area contributed by atoms with Gasteiger partial charge in [-0.25, -0.2) is 0 Å². The van der Waals surface area contributed by atoms with E-state index >= 15 is 0 Å². The summed E-state index contributed by atoms with van der Waals surface area (Å²) in [5, 5.41) is 0.248. The molecule has 27 heavy (non-hydrogen) atoms. The zero-order chi connectivity index (χ0) is 19.1. The van der Waals surface area contributed by atoms with Gasteiger partial charge in [-0.3, -0.25) is 4.79 Å². The first-order valence-electron chi connectivity index (χ1n) is 8.75. The molecular weight excluding hydrogens is 404 g/mol. The highest BCUT2D eigenvalue weighted by atomic mass is 79.9. The van der Waals surface area contributed by atoms with Gasteiger partial charge in [-0.15, -0.1) is 0 Å². The SMILES string of the molecule is Cc1c(OCc2ccccc2)ccc(C(=O)CBr)c1OCc1ccccc1. The number of ether oxygens (including phenoxy) is 2. The molecule has 0 radical (unpaired) electrons. The second-order valence-electron chi connectivity index (χ2n) is 6.17. The molecule has 0 aromatic heterocycles. The number of ketones is 1. The van der Waals surface area contributed by atoms with Gasteiger partial charge in [-0.05, 0) is 30.2 Å². The van der Waals surface area contributed by atoms with Crippen LogP contribution < -0.4 is 9.47 Å². The Kier molecular flexibility index (Phi) is 6.66. The molecule has 3 rings (SSSR count). The molecule has 0 aliphatic heterocycles. The summed E-state index contributed by atoms with van der Waals surface area (Å²) in [5.41, 5.74) is 3.52. The van der Waals surface area contributed by atoms with E-state index in [0.717, 1.165) is 16.7 Å². The van der Waals surface area contributed by atoms with Crippen molar-refractivity contribution in [2.45, 2.75) is 20.1 Å². The number of alkyl halides is 1. The van der Waals surface area contributed by atoms with Crippen LogP contribution in [-0.2, 0) is 13.2 Å². The van der Waals surface area contributed by atoms with Crippen LogP contribution in [0.2, 0.25) is 0 Å². The molecule has 0 N–H and O–H groups in total. The highest BCUT2D eigenvalue weighted by Gasteiger charge is 2.17. The summed E-state index contributed by atoms with van der Waals surface area (Å²) in [6, 6.07) is 23.5. The number of Topliss-reactive ketones (excluding diaryl/α,β-unsaturated/α-hetero) is 1. The van der Waals surface area contributed by atoms with Gasteiger partial charge in [-0.1, -0.05) is 76.6 Å². The monoisotopic (exact) mass is 424 g/mol. The molecule has 0 atom stereocenters. The van der Waals surface area contributed by atoms with Crippen LogP contribution in [0.3, 0.4) is 0 Å². The van der Waals surface area contributed by atoms with Crippen molar-refractivity contribution in [3.05, 3.63) is 95.1 Å². The van der Waals surface area contributed by atoms with E-state index in [-0.39, 0.29) is 11.1 Å². The molecule has 0 saturated heterocycles. The number of carbonyl (C=O) groups is 1. The molecule has 0 amide bonds. The van der Waals surface area contributed by atoms with Crippen molar-refractivity contribution in [1.29, 1.82) is 0 Å².